The molecule has 9 heteroatoms. The standard InChI is InChI=1S/C18H25Cl2N5O2/c1-18(2,3)14-10-15(23-27-14)22-17(26)25-6-4-5-24(7-8-25)16-13(20)9-12(19)11-21-16/h9-11,16,21H,4-8H2,1-3H3,(H,22,23,26). The number of nitrogens with one attached hydrogen (secondary N) is 2. The zero-order valence-electron chi connectivity index (χ0n) is 15.8. The van der Waals surface area contributed by atoms with Crippen LogP contribution in [0.15, 0.2) is 32.9 Å². The number of aromatic nitrogens is 1. The molecule has 1 atom stereocenters. The van der Waals surface area contributed by atoms with Crippen LogP contribution in [0.3, 0.4) is 0 Å². The topological polar surface area (TPSA) is 73.6 Å². The molecule has 1 unspecified atom stereocenters. The first kappa shape index (κ1) is 20.0. The van der Waals surface area contributed by atoms with E-state index in [4.69, 9.17) is 27.7 Å². The molecule has 0 saturated carbocycles. The van der Waals surface area contributed by atoms with Crippen molar-refractivity contribution in [3.8, 4) is 0 Å². The molecular formula is C18H25Cl2N5O2. The number of allylic oxidation sites excluding steroid dienone is 2. The Hall–Kier alpha value is -1.70. The molecule has 0 bridgehead atoms. The van der Waals surface area contributed by atoms with E-state index in [0.717, 1.165) is 18.7 Å². The third kappa shape index (κ3) is 4.97. The Morgan fingerprint density at radius 1 is 1.30 bits per heavy atom. The van der Waals surface area contributed by atoms with Crippen molar-refractivity contribution in [1.29, 1.82) is 0 Å². The maximum Gasteiger partial charge on any atom is 0.323 e. The first-order valence-electron chi connectivity index (χ1n) is 9.00. The summed E-state index contributed by atoms with van der Waals surface area (Å²) in [6.45, 7) is 8.88. The van der Waals surface area contributed by atoms with E-state index in [9.17, 15) is 4.79 Å². The van der Waals surface area contributed by atoms with Crippen LogP contribution in [-0.2, 0) is 5.41 Å². The van der Waals surface area contributed by atoms with Crippen molar-refractivity contribution in [3.05, 3.63) is 34.2 Å². The minimum absolute atomic E-state index is 0.109. The number of carbonyl (C=O) groups is 1. The highest BCUT2D eigenvalue weighted by molar-refractivity contribution is 6.35. The SMILES string of the molecule is CC(C)(C)c1cc(NC(=O)N2CCCN(C3NC=C(Cl)C=C3Cl)CC2)no1. The van der Waals surface area contributed by atoms with Gasteiger partial charge in [0.15, 0.2) is 5.82 Å². The third-order valence-corrected chi connectivity index (χ3v) is 5.12. The lowest BCUT2D eigenvalue weighted by Gasteiger charge is -2.32. The summed E-state index contributed by atoms with van der Waals surface area (Å²) < 4.78 is 5.32. The summed E-state index contributed by atoms with van der Waals surface area (Å²) in [5, 5.41) is 11.2. The maximum absolute atomic E-state index is 12.6. The van der Waals surface area contributed by atoms with Gasteiger partial charge in [-0.3, -0.25) is 10.2 Å². The van der Waals surface area contributed by atoms with E-state index in [1.165, 1.54) is 0 Å². The summed E-state index contributed by atoms with van der Waals surface area (Å²) >= 11 is 12.3. The fourth-order valence-electron chi connectivity index (χ4n) is 3.05. The van der Waals surface area contributed by atoms with E-state index in [-0.39, 0.29) is 17.6 Å². The summed E-state index contributed by atoms with van der Waals surface area (Å²) in [6.07, 6.45) is 4.23. The molecule has 7 nitrogen and oxygen atoms in total. The molecule has 0 aromatic carbocycles. The lowest BCUT2D eigenvalue weighted by Crippen LogP contribution is -2.47. The molecule has 2 N–H and O–H groups in total. The number of hydrogen-bond donors (Lipinski definition) is 2. The van der Waals surface area contributed by atoms with Gasteiger partial charge in [0.2, 0.25) is 0 Å². The van der Waals surface area contributed by atoms with Crippen molar-refractivity contribution in [2.75, 3.05) is 31.5 Å². The molecule has 3 rings (SSSR count). The molecular weight excluding hydrogens is 389 g/mol. The number of amides is 2. The fraction of sp³-hybridized carbons (Fsp3) is 0.556. The summed E-state index contributed by atoms with van der Waals surface area (Å²) in [5.74, 6) is 1.17. The Labute approximate surface area is 169 Å². The van der Waals surface area contributed by atoms with Crippen molar-refractivity contribution in [2.24, 2.45) is 0 Å². The van der Waals surface area contributed by atoms with Crippen LogP contribution in [0.1, 0.15) is 33.0 Å². The molecule has 3 heterocycles. The van der Waals surface area contributed by atoms with E-state index in [0.29, 0.717) is 35.5 Å². The van der Waals surface area contributed by atoms with Crippen molar-refractivity contribution < 1.29 is 9.32 Å². The Kier molecular flexibility index (Phi) is 6.03. The lowest BCUT2D eigenvalue weighted by atomic mass is 9.93. The minimum Gasteiger partial charge on any atom is -0.370 e. The monoisotopic (exact) mass is 413 g/mol. The second-order valence-corrected chi connectivity index (χ2v) is 8.63. The highest BCUT2D eigenvalue weighted by Crippen LogP contribution is 2.25. The molecule has 148 valence electrons. The zero-order chi connectivity index (χ0) is 19.6. The van der Waals surface area contributed by atoms with Crippen molar-refractivity contribution in [1.82, 2.24) is 20.3 Å². The van der Waals surface area contributed by atoms with Crippen LogP contribution in [-0.4, -0.2) is 53.3 Å². The van der Waals surface area contributed by atoms with Crippen molar-refractivity contribution in [3.63, 3.8) is 0 Å². The van der Waals surface area contributed by atoms with E-state index < -0.39 is 0 Å². The average Bonchev–Trinajstić information content (AvgIpc) is 2.92. The van der Waals surface area contributed by atoms with Gasteiger partial charge < -0.3 is 14.7 Å². The number of nitrogens with zero attached hydrogens (tertiary/aromatic N) is 3. The Balaban J connectivity index is 1.57. The van der Waals surface area contributed by atoms with Crippen LogP contribution in [0.2, 0.25) is 0 Å². The second kappa shape index (κ2) is 8.12. The van der Waals surface area contributed by atoms with Gasteiger partial charge in [-0.15, -0.1) is 0 Å². The first-order valence-corrected chi connectivity index (χ1v) is 9.75. The van der Waals surface area contributed by atoms with Gasteiger partial charge in [0.1, 0.15) is 11.9 Å². The van der Waals surface area contributed by atoms with Gasteiger partial charge in [0.25, 0.3) is 0 Å². The van der Waals surface area contributed by atoms with E-state index in [1.54, 1.807) is 23.2 Å². The third-order valence-electron chi connectivity index (χ3n) is 4.58. The molecule has 1 aromatic heterocycles. The molecule has 0 radical (unpaired) electrons. The molecule has 1 fully saturated rings. The number of carbonyl (C=O) groups excluding carboxylic acids is 1. The molecule has 1 saturated heterocycles. The molecule has 27 heavy (non-hydrogen) atoms. The van der Waals surface area contributed by atoms with Crippen LogP contribution in [0, 0.1) is 0 Å². The Morgan fingerprint density at radius 3 is 2.74 bits per heavy atom. The summed E-state index contributed by atoms with van der Waals surface area (Å²) in [7, 11) is 0. The first-order chi connectivity index (χ1) is 12.7. The summed E-state index contributed by atoms with van der Waals surface area (Å²) in [4.78, 5) is 16.6. The van der Waals surface area contributed by atoms with E-state index >= 15 is 0 Å². The van der Waals surface area contributed by atoms with Gasteiger partial charge in [0.05, 0.1) is 10.1 Å². The molecule has 0 aliphatic carbocycles. The highest BCUT2D eigenvalue weighted by Gasteiger charge is 2.27. The maximum atomic E-state index is 12.6. The molecule has 2 aliphatic rings. The molecule has 2 aliphatic heterocycles. The Morgan fingerprint density at radius 2 is 2.07 bits per heavy atom. The van der Waals surface area contributed by atoms with Crippen LogP contribution in [0.4, 0.5) is 10.6 Å². The number of dihydropyridines is 1. The van der Waals surface area contributed by atoms with E-state index in [1.807, 2.05) is 20.8 Å². The minimum atomic E-state index is -0.174. The van der Waals surface area contributed by atoms with Crippen LogP contribution in [0.5, 0.6) is 0 Å². The van der Waals surface area contributed by atoms with Gasteiger partial charge in [-0.2, -0.15) is 0 Å². The van der Waals surface area contributed by atoms with Gasteiger partial charge in [-0.05, 0) is 12.5 Å². The van der Waals surface area contributed by atoms with Gasteiger partial charge >= 0.3 is 6.03 Å². The largest absolute Gasteiger partial charge is 0.370 e. The number of anilines is 1. The van der Waals surface area contributed by atoms with Crippen LogP contribution < -0.4 is 10.6 Å². The fourth-order valence-corrected chi connectivity index (χ4v) is 3.60. The lowest BCUT2D eigenvalue weighted by molar-refractivity contribution is 0.200. The molecule has 1 aromatic rings. The number of halogens is 2. The predicted molar refractivity (Wildman–Crippen MR) is 107 cm³/mol. The average molecular weight is 414 g/mol. The van der Waals surface area contributed by atoms with Crippen molar-refractivity contribution >= 4 is 35.1 Å². The number of urea groups is 1. The molecule has 2 amide bonds. The number of hydrogen-bond acceptors (Lipinski definition) is 5. The van der Waals surface area contributed by atoms with Crippen LogP contribution in [0.25, 0.3) is 0 Å². The molecule has 0 spiro atoms. The predicted octanol–water partition coefficient (Wildman–Crippen LogP) is 3.64. The summed E-state index contributed by atoms with van der Waals surface area (Å²) in [5.41, 5.74) is -0.157. The van der Waals surface area contributed by atoms with E-state index in [2.05, 4.69) is 20.7 Å². The quantitative estimate of drug-likeness (QED) is 0.773. The van der Waals surface area contributed by atoms with Crippen molar-refractivity contribution in [2.45, 2.75) is 38.8 Å². The van der Waals surface area contributed by atoms with Gasteiger partial charge in [-0.25, -0.2) is 4.79 Å². The summed E-state index contributed by atoms with van der Waals surface area (Å²) in [6, 6.07) is 1.60. The van der Waals surface area contributed by atoms with Crippen LogP contribution >= 0.6 is 23.2 Å². The van der Waals surface area contributed by atoms with Gasteiger partial charge in [-0.1, -0.05) is 49.1 Å². The Bertz CT molecular complexity index is 753. The normalized spacial score (nSPS) is 21.8. The van der Waals surface area contributed by atoms with Gasteiger partial charge in [0, 0.05) is 43.9 Å². The highest BCUT2D eigenvalue weighted by atomic mass is 35.5. The number of rotatable bonds is 2. The smallest absolute Gasteiger partial charge is 0.323 e. The zero-order valence-corrected chi connectivity index (χ0v) is 17.3. The second-order valence-electron chi connectivity index (χ2n) is 7.76.